The molecule has 292 valence electrons. The van der Waals surface area contributed by atoms with E-state index in [1.54, 1.807) is 47.5 Å². The number of aromatic hydroxyl groups is 1. The van der Waals surface area contributed by atoms with Crippen LogP contribution in [0.2, 0.25) is 0 Å². The first-order valence-corrected chi connectivity index (χ1v) is 19.2. The molecule has 0 radical (unpaired) electrons. The third kappa shape index (κ3) is 7.41. The lowest BCUT2D eigenvalue weighted by Crippen LogP contribution is -2.42. The predicted molar refractivity (Wildman–Crippen MR) is 224 cm³/mol. The number of para-hydroxylation sites is 1. The number of fused-ring (bicyclic) bond motifs is 2. The van der Waals surface area contributed by atoms with Gasteiger partial charge in [-0.15, -0.1) is 0 Å². The highest BCUT2D eigenvalue weighted by Crippen LogP contribution is 2.36. The maximum Gasteiger partial charge on any atom is 0.264 e. The topological polar surface area (TPSA) is 122 Å². The Balaban J connectivity index is 1.17. The Morgan fingerprint density at radius 1 is 0.862 bits per heavy atom. The molecule has 2 N–H and O–H groups in total. The molecule has 4 aromatic carbocycles. The van der Waals surface area contributed by atoms with E-state index in [4.69, 9.17) is 4.74 Å². The highest BCUT2D eigenvalue weighted by molar-refractivity contribution is 6.13. The molecule has 3 amide bonds. The van der Waals surface area contributed by atoms with E-state index >= 15 is 0 Å². The van der Waals surface area contributed by atoms with Crippen LogP contribution in [0.4, 0.5) is 11.4 Å². The lowest BCUT2D eigenvalue weighted by atomic mass is 9.93. The molecular weight excluding hydrogens is 729 g/mol. The molecule has 0 bridgehead atoms. The van der Waals surface area contributed by atoms with E-state index < -0.39 is 0 Å². The summed E-state index contributed by atoms with van der Waals surface area (Å²) in [4.78, 5) is 50.6. The number of pyridine rings is 1. The number of carbonyl (C=O) groups excluding carboxylic acids is 3. The largest absolute Gasteiger partial charge is 0.508 e. The van der Waals surface area contributed by atoms with E-state index in [0.29, 0.717) is 51.7 Å². The fourth-order valence-corrected chi connectivity index (χ4v) is 7.67. The first-order chi connectivity index (χ1) is 28.0. The summed E-state index contributed by atoms with van der Waals surface area (Å²) in [7, 11) is 3.80. The Labute approximate surface area is 336 Å². The number of hydrogen-bond acceptors (Lipinski definition) is 6. The van der Waals surface area contributed by atoms with Crippen molar-refractivity contribution < 1.29 is 24.2 Å². The van der Waals surface area contributed by atoms with Gasteiger partial charge in [0.05, 0.1) is 17.4 Å². The van der Waals surface area contributed by atoms with Crippen molar-refractivity contribution in [3.05, 3.63) is 161 Å². The fraction of sp³-hybridized carbons (Fsp3) is 0.191. The monoisotopic (exact) mass is 772 g/mol. The number of ether oxygens (including phenoxy) is 1. The third-order valence-electron chi connectivity index (χ3n) is 11.0. The summed E-state index contributed by atoms with van der Waals surface area (Å²) in [6.45, 7) is 4.48. The molecule has 0 fully saturated rings. The van der Waals surface area contributed by atoms with Crippen LogP contribution in [0.3, 0.4) is 0 Å². The van der Waals surface area contributed by atoms with Gasteiger partial charge in [-0.05, 0) is 104 Å². The number of carbonyl (C=O) groups is 3. The summed E-state index contributed by atoms with van der Waals surface area (Å²) in [5.41, 5.74) is 7.92. The van der Waals surface area contributed by atoms with Crippen molar-refractivity contribution in [3.63, 3.8) is 0 Å². The summed E-state index contributed by atoms with van der Waals surface area (Å²) < 4.78 is 9.49. The minimum atomic E-state index is -0.307. The van der Waals surface area contributed by atoms with E-state index in [1.807, 2.05) is 108 Å². The van der Waals surface area contributed by atoms with Gasteiger partial charge in [0.1, 0.15) is 17.1 Å². The van der Waals surface area contributed by atoms with Crippen LogP contribution >= 0.6 is 0 Å². The maximum absolute atomic E-state index is 14.9. The molecule has 58 heavy (non-hydrogen) atoms. The van der Waals surface area contributed by atoms with E-state index in [0.717, 1.165) is 28.6 Å². The van der Waals surface area contributed by atoms with Crippen molar-refractivity contribution >= 4 is 40.1 Å². The van der Waals surface area contributed by atoms with Crippen molar-refractivity contribution in [1.82, 2.24) is 24.3 Å². The smallest absolute Gasteiger partial charge is 0.264 e. The van der Waals surface area contributed by atoms with Gasteiger partial charge in [0, 0.05) is 73.0 Å². The number of benzene rings is 4. The summed E-state index contributed by atoms with van der Waals surface area (Å²) in [5, 5.41) is 13.9. The molecule has 0 saturated heterocycles. The van der Waals surface area contributed by atoms with E-state index in [-0.39, 0.29) is 42.7 Å². The van der Waals surface area contributed by atoms with E-state index in [1.165, 1.54) is 5.56 Å². The number of nitrogens with one attached hydrogen (secondary N) is 1. The van der Waals surface area contributed by atoms with Gasteiger partial charge in [0.25, 0.3) is 17.7 Å². The summed E-state index contributed by atoms with van der Waals surface area (Å²) in [5.74, 6) is -0.0368. The molecule has 0 spiro atoms. The highest BCUT2D eigenvalue weighted by atomic mass is 16.5. The summed E-state index contributed by atoms with van der Waals surface area (Å²) >= 11 is 0. The van der Waals surface area contributed by atoms with Crippen molar-refractivity contribution in [1.29, 1.82) is 0 Å². The van der Waals surface area contributed by atoms with Gasteiger partial charge in [0.2, 0.25) is 0 Å². The quantitative estimate of drug-likeness (QED) is 0.146. The molecule has 1 atom stereocenters. The molecule has 7 aromatic rings. The number of phenols is 1. The standard InChI is InChI=1S/C47H44N6O5/c1-30-22-33-10-8-9-11-35(33)28-52(30)46(56)40-19-14-32(26-48-44(55)29-58-39-12-6-5-7-13-39)23-42(40)43-25-41(31(2)51(43)4)47(57)53(36-15-17-38(54)18-16-36)37-24-34-20-21-50(3)45(34)49-27-37/h5-21,23-25,27,30,54H,22,26,28-29H2,1-4H3,(H,48,55)/t30-/m1/s1. The van der Waals surface area contributed by atoms with Crippen LogP contribution in [0.25, 0.3) is 22.3 Å². The zero-order valence-electron chi connectivity index (χ0n) is 32.8. The summed E-state index contributed by atoms with van der Waals surface area (Å²) in [6, 6.07) is 35.1. The number of phenolic OH excluding ortho intramolecular Hbond substituents is 1. The lowest BCUT2D eigenvalue weighted by molar-refractivity contribution is -0.123. The average molecular weight is 773 g/mol. The van der Waals surface area contributed by atoms with Gasteiger partial charge >= 0.3 is 0 Å². The Hall–Kier alpha value is -7.14. The van der Waals surface area contributed by atoms with Gasteiger partial charge < -0.3 is 29.2 Å². The number of nitrogens with zero attached hydrogens (tertiary/aromatic N) is 5. The molecule has 8 rings (SSSR count). The Morgan fingerprint density at radius 2 is 1.60 bits per heavy atom. The molecular formula is C47H44N6O5. The van der Waals surface area contributed by atoms with Gasteiger partial charge in [-0.1, -0.05) is 48.5 Å². The summed E-state index contributed by atoms with van der Waals surface area (Å²) in [6.07, 6.45) is 4.33. The normalized spacial score (nSPS) is 13.6. The van der Waals surface area contributed by atoms with Crippen LogP contribution in [0.1, 0.15) is 50.0 Å². The van der Waals surface area contributed by atoms with Crippen LogP contribution < -0.4 is 15.0 Å². The molecule has 3 aromatic heterocycles. The van der Waals surface area contributed by atoms with Crippen LogP contribution in [0.5, 0.6) is 11.5 Å². The first-order valence-electron chi connectivity index (χ1n) is 19.2. The Kier molecular flexibility index (Phi) is 10.3. The fourth-order valence-electron chi connectivity index (χ4n) is 7.67. The molecule has 4 heterocycles. The van der Waals surface area contributed by atoms with Crippen molar-refractivity contribution in [2.45, 2.75) is 39.4 Å². The number of aryl methyl sites for hydroxylation is 1. The van der Waals surface area contributed by atoms with Crippen LogP contribution in [0, 0.1) is 6.92 Å². The van der Waals surface area contributed by atoms with Gasteiger partial charge in [-0.25, -0.2) is 4.98 Å². The molecule has 11 nitrogen and oxygen atoms in total. The third-order valence-corrected chi connectivity index (χ3v) is 11.0. The van der Waals surface area contributed by atoms with Crippen molar-refractivity contribution in [2.75, 3.05) is 11.5 Å². The second-order valence-electron chi connectivity index (χ2n) is 14.8. The van der Waals surface area contributed by atoms with Gasteiger partial charge in [-0.2, -0.15) is 0 Å². The Morgan fingerprint density at radius 3 is 2.38 bits per heavy atom. The van der Waals surface area contributed by atoms with Gasteiger partial charge in [0.15, 0.2) is 6.61 Å². The van der Waals surface area contributed by atoms with Crippen LogP contribution in [-0.4, -0.2) is 54.5 Å². The zero-order chi connectivity index (χ0) is 40.5. The lowest BCUT2D eigenvalue weighted by Gasteiger charge is -2.35. The number of hydrogen-bond donors (Lipinski definition) is 2. The van der Waals surface area contributed by atoms with Crippen molar-refractivity contribution in [3.8, 4) is 22.8 Å². The second kappa shape index (κ2) is 15.8. The number of anilines is 2. The number of amides is 3. The minimum Gasteiger partial charge on any atom is -0.508 e. The first kappa shape index (κ1) is 37.8. The zero-order valence-corrected chi connectivity index (χ0v) is 32.8. The predicted octanol–water partition coefficient (Wildman–Crippen LogP) is 7.85. The molecule has 0 aliphatic carbocycles. The maximum atomic E-state index is 14.9. The molecule has 0 unspecified atom stereocenters. The average Bonchev–Trinajstić information content (AvgIpc) is 3.76. The minimum absolute atomic E-state index is 0.0412. The molecule has 11 heteroatoms. The van der Waals surface area contributed by atoms with E-state index in [9.17, 15) is 19.5 Å². The van der Waals surface area contributed by atoms with Crippen LogP contribution in [-0.2, 0) is 38.4 Å². The van der Waals surface area contributed by atoms with Crippen molar-refractivity contribution in [2.24, 2.45) is 14.1 Å². The van der Waals surface area contributed by atoms with Crippen LogP contribution in [0.15, 0.2) is 128 Å². The second-order valence-corrected chi connectivity index (χ2v) is 14.8. The SMILES string of the molecule is Cc1c(C(=O)N(c2ccc(O)cc2)c2cnc3c(ccn3C)c2)cc(-c2cc(CNC(=O)COc3ccccc3)ccc2C(=O)N2Cc3ccccc3C[C@H]2C)n1C. The van der Waals surface area contributed by atoms with E-state index in [2.05, 4.69) is 29.4 Å². The molecule has 1 aliphatic rings. The highest BCUT2D eigenvalue weighted by Gasteiger charge is 2.31. The Bertz CT molecular complexity index is 2660. The molecule has 0 saturated carbocycles. The molecule has 1 aliphatic heterocycles. The van der Waals surface area contributed by atoms with Gasteiger partial charge in [-0.3, -0.25) is 19.3 Å². The number of rotatable bonds is 10. The number of aromatic nitrogens is 3.